The molecule has 1 aliphatic heterocycles. The maximum atomic E-state index is 13.4. The number of aromatic nitrogens is 3. The Morgan fingerprint density at radius 3 is 2.66 bits per heavy atom. The summed E-state index contributed by atoms with van der Waals surface area (Å²) in [6.45, 7) is 2.82. The number of hydrogen-bond donors (Lipinski definition) is 1. The number of fused-ring (bicyclic) bond motifs is 3. The molecule has 0 saturated carbocycles. The van der Waals surface area contributed by atoms with Crippen LogP contribution >= 0.6 is 0 Å². The zero-order valence-electron chi connectivity index (χ0n) is 19.0. The number of ether oxygens (including phenoxy) is 2. The maximum absolute atomic E-state index is 13.4. The molecule has 3 aromatic heterocycles. The van der Waals surface area contributed by atoms with E-state index in [1.807, 2.05) is 72.2 Å². The van der Waals surface area contributed by atoms with Gasteiger partial charge < -0.3 is 19.4 Å². The largest absolute Gasteiger partial charge is 0.454 e. The van der Waals surface area contributed by atoms with Crippen LogP contribution in [-0.2, 0) is 13.1 Å². The first kappa shape index (κ1) is 21.0. The standard InChI is InChI=1S/C27H22N4O4/c1-17-6-5-11-30-24(17)29-25-20(27(30)33)13-21(31(25)15-18-7-3-2-4-8-18)26(32)28-14-19-9-10-22-23(12-19)35-16-34-22/h2-13H,14-16H2,1H3,(H,28,32). The number of hydrogen-bond acceptors (Lipinski definition) is 5. The summed E-state index contributed by atoms with van der Waals surface area (Å²) in [5.41, 5.74) is 4.00. The molecule has 35 heavy (non-hydrogen) atoms. The molecule has 0 aliphatic carbocycles. The van der Waals surface area contributed by atoms with E-state index in [-0.39, 0.29) is 18.3 Å². The Labute approximate surface area is 200 Å². The number of nitrogens with one attached hydrogen (secondary N) is 1. The molecular formula is C27H22N4O4. The number of carbonyl (C=O) groups excluding carboxylic acids is 1. The number of nitrogens with zero attached hydrogens (tertiary/aromatic N) is 3. The molecule has 8 nitrogen and oxygen atoms in total. The van der Waals surface area contributed by atoms with Gasteiger partial charge >= 0.3 is 0 Å². The van der Waals surface area contributed by atoms with Gasteiger partial charge in [-0.15, -0.1) is 0 Å². The molecule has 8 heteroatoms. The molecular weight excluding hydrogens is 444 g/mol. The summed E-state index contributed by atoms with van der Waals surface area (Å²) in [5, 5.41) is 3.37. The molecule has 174 valence electrons. The minimum atomic E-state index is -0.290. The number of rotatable bonds is 5. The Kier molecular flexibility index (Phi) is 4.99. The van der Waals surface area contributed by atoms with Crippen LogP contribution in [0.4, 0.5) is 0 Å². The summed E-state index contributed by atoms with van der Waals surface area (Å²) < 4.78 is 14.1. The molecule has 0 bridgehead atoms. The van der Waals surface area contributed by atoms with E-state index in [0.29, 0.717) is 47.0 Å². The molecule has 0 saturated heterocycles. The van der Waals surface area contributed by atoms with Gasteiger partial charge in [-0.25, -0.2) is 4.98 Å². The number of benzene rings is 2. The highest BCUT2D eigenvalue weighted by Crippen LogP contribution is 2.32. The van der Waals surface area contributed by atoms with E-state index in [1.165, 1.54) is 4.40 Å². The number of pyridine rings is 1. The molecule has 2 aromatic carbocycles. The molecule has 1 aliphatic rings. The van der Waals surface area contributed by atoms with E-state index in [4.69, 9.17) is 14.5 Å². The highest BCUT2D eigenvalue weighted by molar-refractivity contribution is 5.98. The average Bonchev–Trinajstić information content (AvgIpc) is 3.49. The Hall–Kier alpha value is -4.59. The Balaban J connectivity index is 1.42. The van der Waals surface area contributed by atoms with Crippen molar-refractivity contribution in [1.29, 1.82) is 0 Å². The van der Waals surface area contributed by atoms with Gasteiger partial charge in [-0.05, 0) is 47.9 Å². The summed E-state index contributed by atoms with van der Waals surface area (Å²) in [6.07, 6.45) is 1.70. The number of carbonyl (C=O) groups is 1. The quantitative estimate of drug-likeness (QED) is 0.427. The fraction of sp³-hybridized carbons (Fsp3) is 0.148. The summed E-state index contributed by atoms with van der Waals surface area (Å²) in [5.74, 6) is 1.06. The zero-order chi connectivity index (χ0) is 23.9. The molecule has 5 aromatic rings. The lowest BCUT2D eigenvalue weighted by Gasteiger charge is -2.12. The molecule has 1 N–H and O–H groups in total. The van der Waals surface area contributed by atoms with Crippen LogP contribution in [-0.4, -0.2) is 26.7 Å². The van der Waals surface area contributed by atoms with E-state index < -0.39 is 0 Å². The average molecular weight is 466 g/mol. The lowest BCUT2D eigenvalue weighted by molar-refractivity contribution is 0.0942. The van der Waals surface area contributed by atoms with Crippen molar-refractivity contribution in [3.05, 3.63) is 106 Å². The monoisotopic (exact) mass is 466 g/mol. The van der Waals surface area contributed by atoms with Gasteiger partial charge in [-0.2, -0.15) is 0 Å². The van der Waals surface area contributed by atoms with Gasteiger partial charge in [0.05, 0.1) is 5.39 Å². The Bertz CT molecular complexity index is 1650. The third kappa shape index (κ3) is 3.69. The van der Waals surface area contributed by atoms with Crippen LogP contribution in [0.25, 0.3) is 16.7 Å². The molecule has 0 radical (unpaired) electrons. The maximum Gasteiger partial charge on any atom is 0.268 e. The normalized spacial score (nSPS) is 12.4. The highest BCUT2D eigenvalue weighted by atomic mass is 16.7. The molecule has 0 fully saturated rings. The van der Waals surface area contributed by atoms with Crippen molar-refractivity contribution >= 4 is 22.6 Å². The van der Waals surface area contributed by atoms with Gasteiger partial charge in [0.2, 0.25) is 6.79 Å². The fourth-order valence-corrected chi connectivity index (χ4v) is 4.40. The predicted octanol–water partition coefficient (Wildman–Crippen LogP) is 3.66. The van der Waals surface area contributed by atoms with Gasteiger partial charge in [0, 0.05) is 19.3 Å². The van der Waals surface area contributed by atoms with Crippen LogP contribution in [0.3, 0.4) is 0 Å². The second kappa shape index (κ2) is 8.32. The second-order valence-electron chi connectivity index (χ2n) is 8.51. The van der Waals surface area contributed by atoms with Gasteiger partial charge in [-0.3, -0.25) is 14.0 Å². The van der Waals surface area contributed by atoms with Gasteiger partial charge in [0.1, 0.15) is 17.0 Å². The van der Waals surface area contributed by atoms with E-state index in [2.05, 4.69) is 5.32 Å². The van der Waals surface area contributed by atoms with Gasteiger partial charge in [-0.1, -0.05) is 42.5 Å². The lowest BCUT2D eigenvalue weighted by Crippen LogP contribution is -2.25. The van der Waals surface area contributed by atoms with E-state index in [9.17, 15) is 9.59 Å². The highest BCUT2D eigenvalue weighted by Gasteiger charge is 2.21. The van der Waals surface area contributed by atoms with Crippen LogP contribution < -0.4 is 20.3 Å². The molecule has 0 spiro atoms. The summed E-state index contributed by atoms with van der Waals surface area (Å²) in [6, 6.07) is 20.7. The molecule has 0 atom stereocenters. The Morgan fingerprint density at radius 1 is 0.971 bits per heavy atom. The van der Waals surface area contributed by atoms with Crippen molar-refractivity contribution in [1.82, 2.24) is 19.3 Å². The van der Waals surface area contributed by atoms with E-state index in [1.54, 1.807) is 12.3 Å². The third-order valence-corrected chi connectivity index (χ3v) is 6.20. The Morgan fingerprint density at radius 2 is 1.80 bits per heavy atom. The SMILES string of the molecule is Cc1cccn2c(=O)c3cc(C(=O)NCc4ccc5c(c4)OCO5)n(Cc4ccccc4)c3nc12. The first-order chi connectivity index (χ1) is 17.1. The topological polar surface area (TPSA) is 86.9 Å². The number of aryl methyl sites for hydroxylation is 1. The third-order valence-electron chi connectivity index (χ3n) is 6.20. The van der Waals surface area contributed by atoms with Crippen molar-refractivity contribution in [2.45, 2.75) is 20.0 Å². The number of amides is 1. The molecule has 0 unspecified atom stereocenters. The summed E-state index contributed by atoms with van der Waals surface area (Å²) in [4.78, 5) is 31.5. The van der Waals surface area contributed by atoms with Crippen LogP contribution in [0.2, 0.25) is 0 Å². The lowest BCUT2D eigenvalue weighted by atomic mass is 10.2. The van der Waals surface area contributed by atoms with Crippen LogP contribution in [0.1, 0.15) is 27.2 Å². The predicted molar refractivity (Wildman–Crippen MR) is 131 cm³/mol. The zero-order valence-corrected chi connectivity index (χ0v) is 19.0. The first-order valence-corrected chi connectivity index (χ1v) is 11.3. The van der Waals surface area contributed by atoms with Crippen molar-refractivity contribution in [2.24, 2.45) is 0 Å². The molecule has 4 heterocycles. The van der Waals surface area contributed by atoms with Crippen molar-refractivity contribution in [3.8, 4) is 11.5 Å². The van der Waals surface area contributed by atoms with Crippen molar-refractivity contribution in [3.63, 3.8) is 0 Å². The minimum absolute atomic E-state index is 0.196. The molecule has 1 amide bonds. The van der Waals surface area contributed by atoms with Gasteiger partial charge in [0.25, 0.3) is 11.5 Å². The smallest absolute Gasteiger partial charge is 0.268 e. The summed E-state index contributed by atoms with van der Waals surface area (Å²) >= 11 is 0. The second-order valence-corrected chi connectivity index (χ2v) is 8.51. The van der Waals surface area contributed by atoms with Crippen LogP contribution in [0, 0.1) is 6.92 Å². The van der Waals surface area contributed by atoms with Crippen molar-refractivity contribution in [2.75, 3.05) is 6.79 Å². The van der Waals surface area contributed by atoms with E-state index in [0.717, 1.165) is 16.7 Å². The first-order valence-electron chi connectivity index (χ1n) is 11.3. The van der Waals surface area contributed by atoms with Crippen LogP contribution in [0.5, 0.6) is 11.5 Å². The van der Waals surface area contributed by atoms with Gasteiger partial charge in [0.15, 0.2) is 11.5 Å². The minimum Gasteiger partial charge on any atom is -0.454 e. The molecule has 6 rings (SSSR count). The fourth-order valence-electron chi connectivity index (χ4n) is 4.40. The van der Waals surface area contributed by atoms with Crippen molar-refractivity contribution < 1.29 is 14.3 Å². The van der Waals surface area contributed by atoms with E-state index >= 15 is 0 Å². The van der Waals surface area contributed by atoms with Crippen LogP contribution in [0.15, 0.2) is 77.7 Å². The summed E-state index contributed by atoms with van der Waals surface area (Å²) in [7, 11) is 0.